The number of aliphatic hydroxyl groups excluding tert-OH is 2. The number of allylic oxidation sites excluding steroid dienone is 1. The molecular weight excluding hydrogens is 344 g/mol. The van der Waals surface area contributed by atoms with E-state index in [1.807, 2.05) is 37.3 Å². The van der Waals surface area contributed by atoms with Gasteiger partial charge in [-0.25, -0.2) is 0 Å². The summed E-state index contributed by atoms with van der Waals surface area (Å²) in [6.07, 6.45) is 2.51. The number of nitrogens with zero attached hydrogens (tertiary/aromatic N) is 1. The second-order valence-electron chi connectivity index (χ2n) is 8.30. The van der Waals surface area contributed by atoms with Gasteiger partial charge in [0.2, 0.25) is 0 Å². The van der Waals surface area contributed by atoms with E-state index < -0.39 is 22.6 Å². The molecule has 1 aromatic carbocycles. The van der Waals surface area contributed by atoms with Crippen molar-refractivity contribution in [3.63, 3.8) is 0 Å². The van der Waals surface area contributed by atoms with Gasteiger partial charge >= 0.3 is 5.97 Å². The molecule has 144 valence electrons. The van der Waals surface area contributed by atoms with Gasteiger partial charge < -0.3 is 20.3 Å². The standard InChI is InChI=1S/C21H26N2O4/c1-3-13-11-23-9-8-20-14-6-4-5-7-16(14)22-21(20,23)17(25)10-15(13)19(20,12-24)18(26)27-2/h3-7,15,17,22,24-25H,8-12H2,1-2H3/t15?,17?,19?,20-,21?/m0/s1. The molecule has 1 aliphatic carbocycles. The zero-order valence-corrected chi connectivity index (χ0v) is 15.7. The van der Waals surface area contributed by atoms with Crippen LogP contribution in [0.2, 0.25) is 0 Å². The number of para-hydroxylation sites is 1. The third-order valence-corrected chi connectivity index (χ3v) is 7.91. The summed E-state index contributed by atoms with van der Waals surface area (Å²) < 4.78 is 5.33. The second kappa shape index (κ2) is 5.34. The smallest absolute Gasteiger partial charge is 0.315 e. The molecule has 4 heterocycles. The number of carbonyl (C=O) groups is 1. The summed E-state index contributed by atoms with van der Waals surface area (Å²) in [4.78, 5) is 15.7. The predicted molar refractivity (Wildman–Crippen MR) is 100 cm³/mol. The molecule has 3 saturated heterocycles. The highest BCUT2D eigenvalue weighted by Gasteiger charge is 2.82. The van der Waals surface area contributed by atoms with Gasteiger partial charge in [-0.2, -0.15) is 0 Å². The number of anilines is 1. The van der Waals surface area contributed by atoms with Crippen molar-refractivity contribution in [1.29, 1.82) is 0 Å². The number of esters is 1. The maximum atomic E-state index is 13.4. The van der Waals surface area contributed by atoms with Gasteiger partial charge in [-0.1, -0.05) is 29.8 Å². The van der Waals surface area contributed by atoms with Crippen molar-refractivity contribution in [2.75, 3.05) is 32.1 Å². The zero-order chi connectivity index (χ0) is 19.0. The molecule has 27 heavy (non-hydrogen) atoms. The van der Waals surface area contributed by atoms with E-state index in [2.05, 4.69) is 10.2 Å². The Kier molecular flexibility index (Phi) is 3.41. The molecule has 1 spiro atoms. The lowest BCUT2D eigenvalue weighted by atomic mass is 9.45. The van der Waals surface area contributed by atoms with Gasteiger partial charge in [-0.3, -0.25) is 9.69 Å². The van der Waals surface area contributed by atoms with Gasteiger partial charge in [0, 0.05) is 24.7 Å². The van der Waals surface area contributed by atoms with Crippen molar-refractivity contribution < 1.29 is 19.7 Å². The number of methoxy groups -OCH3 is 1. The van der Waals surface area contributed by atoms with Crippen molar-refractivity contribution in [1.82, 2.24) is 4.90 Å². The predicted octanol–water partition coefficient (Wildman–Crippen LogP) is 1.24. The monoisotopic (exact) mass is 370 g/mol. The molecule has 1 aromatic rings. The summed E-state index contributed by atoms with van der Waals surface area (Å²) in [5, 5.41) is 25.9. The van der Waals surface area contributed by atoms with Crippen molar-refractivity contribution in [3.8, 4) is 0 Å². The minimum absolute atomic E-state index is 0.263. The Balaban J connectivity index is 1.93. The highest BCUT2D eigenvalue weighted by atomic mass is 16.5. The molecular formula is C21H26N2O4. The summed E-state index contributed by atoms with van der Waals surface area (Å²) in [7, 11) is 1.40. The van der Waals surface area contributed by atoms with Crippen LogP contribution in [0.25, 0.3) is 0 Å². The molecule has 4 fully saturated rings. The fourth-order valence-electron chi connectivity index (χ4n) is 7.01. The van der Waals surface area contributed by atoms with Crippen molar-refractivity contribution in [3.05, 3.63) is 41.5 Å². The van der Waals surface area contributed by atoms with Gasteiger partial charge in [-0.15, -0.1) is 0 Å². The first-order chi connectivity index (χ1) is 13.0. The van der Waals surface area contributed by atoms with Crippen molar-refractivity contribution in [2.24, 2.45) is 11.3 Å². The Morgan fingerprint density at radius 1 is 1.44 bits per heavy atom. The molecule has 5 aliphatic rings. The summed E-state index contributed by atoms with van der Waals surface area (Å²) in [6.45, 7) is 3.10. The number of benzene rings is 1. The van der Waals surface area contributed by atoms with E-state index in [4.69, 9.17) is 4.74 Å². The molecule has 4 aliphatic heterocycles. The van der Waals surface area contributed by atoms with Crippen LogP contribution in [0.5, 0.6) is 0 Å². The number of nitrogens with one attached hydrogen (secondary N) is 1. The zero-order valence-electron chi connectivity index (χ0n) is 15.7. The third kappa shape index (κ3) is 1.55. The topological polar surface area (TPSA) is 82.0 Å². The Morgan fingerprint density at radius 3 is 2.93 bits per heavy atom. The number of aliphatic hydroxyl groups is 2. The van der Waals surface area contributed by atoms with E-state index >= 15 is 0 Å². The van der Waals surface area contributed by atoms with E-state index in [0.29, 0.717) is 19.4 Å². The van der Waals surface area contributed by atoms with Crippen LogP contribution in [0.4, 0.5) is 5.69 Å². The highest BCUT2D eigenvalue weighted by Crippen LogP contribution is 2.72. The molecule has 6 atom stereocenters. The maximum absolute atomic E-state index is 13.4. The molecule has 0 radical (unpaired) electrons. The van der Waals surface area contributed by atoms with E-state index in [1.165, 1.54) is 7.11 Å². The van der Waals surface area contributed by atoms with Crippen LogP contribution in [0.1, 0.15) is 25.3 Å². The van der Waals surface area contributed by atoms with Gasteiger partial charge in [0.15, 0.2) is 0 Å². The van der Waals surface area contributed by atoms with Crippen molar-refractivity contribution >= 4 is 11.7 Å². The highest BCUT2D eigenvalue weighted by molar-refractivity contribution is 5.85. The van der Waals surface area contributed by atoms with Crippen LogP contribution in [0, 0.1) is 11.3 Å². The van der Waals surface area contributed by atoms with Crippen LogP contribution in [0.15, 0.2) is 35.9 Å². The molecule has 6 nitrogen and oxygen atoms in total. The maximum Gasteiger partial charge on any atom is 0.315 e. The Morgan fingerprint density at radius 2 is 2.22 bits per heavy atom. The van der Waals surface area contributed by atoms with E-state index in [1.54, 1.807) is 0 Å². The van der Waals surface area contributed by atoms with Crippen LogP contribution < -0.4 is 5.32 Å². The number of hydrogen-bond acceptors (Lipinski definition) is 6. The van der Waals surface area contributed by atoms with Crippen LogP contribution >= 0.6 is 0 Å². The van der Waals surface area contributed by atoms with E-state index in [-0.39, 0.29) is 18.5 Å². The fraction of sp³-hybridized carbons (Fsp3) is 0.571. The van der Waals surface area contributed by atoms with Crippen LogP contribution in [-0.2, 0) is 14.9 Å². The SMILES string of the molecule is CC=C1CN2CC[C@@]34c5ccccc5NC23C(O)CC1C4(CO)C(=O)OC. The molecule has 1 saturated carbocycles. The number of hydrogen-bond donors (Lipinski definition) is 3. The third-order valence-electron chi connectivity index (χ3n) is 7.91. The normalized spacial score (nSPS) is 45.2. The van der Waals surface area contributed by atoms with Crippen molar-refractivity contribution in [2.45, 2.75) is 36.9 Å². The van der Waals surface area contributed by atoms with E-state index in [0.717, 1.165) is 23.4 Å². The van der Waals surface area contributed by atoms with E-state index in [9.17, 15) is 15.0 Å². The second-order valence-corrected chi connectivity index (χ2v) is 8.30. The lowest BCUT2D eigenvalue weighted by Gasteiger charge is -2.59. The van der Waals surface area contributed by atoms with Gasteiger partial charge in [0.1, 0.15) is 11.1 Å². The Bertz CT molecular complexity index is 854. The first-order valence-electron chi connectivity index (χ1n) is 9.68. The number of carbonyl (C=O) groups excluding carboxylic acids is 1. The first kappa shape index (κ1) is 17.2. The minimum atomic E-state index is -1.13. The molecule has 0 aromatic heterocycles. The minimum Gasteiger partial charge on any atom is -0.468 e. The molecule has 0 amide bonds. The lowest BCUT2D eigenvalue weighted by molar-refractivity contribution is -0.184. The number of ether oxygens (including phenoxy) is 1. The Labute approximate surface area is 158 Å². The summed E-state index contributed by atoms with van der Waals surface area (Å²) in [5.41, 5.74) is 0.354. The molecule has 4 bridgehead atoms. The molecule has 6 rings (SSSR count). The summed E-state index contributed by atoms with van der Waals surface area (Å²) in [6, 6.07) is 7.97. The molecule has 5 unspecified atom stereocenters. The van der Waals surface area contributed by atoms with Gasteiger partial charge in [0.05, 0.1) is 25.2 Å². The fourth-order valence-corrected chi connectivity index (χ4v) is 7.01. The average molecular weight is 370 g/mol. The molecule has 3 N–H and O–H groups in total. The largest absolute Gasteiger partial charge is 0.468 e. The first-order valence-corrected chi connectivity index (χ1v) is 9.68. The number of fused-ring (bicyclic) bond motifs is 3. The van der Waals surface area contributed by atoms with Crippen LogP contribution in [0.3, 0.4) is 0 Å². The lowest BCUT2D eigenvalue weighted by Crippen LogP contribution is -2.75. The summed E-state index contributed by atoms with van der Waals surface area (Å²) >= 11 is 0. The summed E-state index contributed by atoms with van der Waals surface area (Å²) in [5.74, 6) is -0.644. The van der Waals surface area contributed by atoms with Crippen LogP contribution in [-0.4, -0.2) is 59.7 Å². The Hall–Kier alpha value is -1.89. The van der Waals surface area contributed by atoms with Gasteiger partial charge in [0.25, 0.3) is 0 Å². The molecule has 6 heteroatoms. The number of rotatable bonds is 2. The quantitative estimate of drug-likeness (QED) is 0.537. The average Bonchev–Trinajstić information content (AvgIpc) is 3.11. The van der Waals surface area contributed by atoms with Gasteiger partial charge in [-0.05, 0) is 31.4 Å².